The second-order valence-electron chi connectivity index (χ2n) is 5.07. The number of rotatable bonds is 5. The van der Waals surface area contributed by atoms with Crippen molar-refractivity contribution in [2.75, 3.05) is 5.32 Å². The van der Waals surface area contributed by atoms with Gasteiger partial charge in [0.05, 0.1) is 11.4 Å². The molecule has 1 aromatic carbocycles. The van der Waals surface area contributed by atoms with Crippen molar-refractivity contribution in [3.05, 3.63) is 46.4 Å². The highest BCUT2D eigenvalue weighted by Gasteiger charge is 2.18. The summed E-state index contributed by atoms with van der Waals surface area (Å²) < 4.78 is 3.57. The first-order valence-corrected chi connectivity index (χ1v) is 7.21. The molecule has 0 unspecified atom stereocenters. The maximum absolute atomic E-state index is 12.6. The number of unbranched alkanes of at least 4 members (excludes halogenated alkanes) is 1. The van der Waals surface area contributed by atoms with Crippen LogP contribution in [0.25, 0.3) is 5.69 Å². The Labute approximate surface area is 124 Å². The topological polar surface area (TPSA) is 56.0 Å². The molecule has 1 N–H and O–H groups in total. The fourth-order valence-electron chi connectivity index (χ4n) is 2.37. The van der Waals surface area contributed by atoms with Crippen molar-refractivity contribution in [1.29, 1.82) is 0 Å². The molecule has 0 fully saturated rings. The number of nitrogens with one attached hydrogen (secondary N) is 1. The van der Waals surface area contributed by atoms with E-state index in [1.807, 2.05) is 41.9 Å². The minimum Gasteiger partial charge on any atom is -0.320 e. The lowest BCUT2D eigenvalue weighted by molar-refractivity contribution is -0.114. The van der Waals surface area contributed by atoms with Gasteiger partial charge in [-0.3, -0.25) is 14.3 Å². The van der Waals surface area contributed by atoms with Crippen molar-refractivity contribution in [3.63, 3.8) is 0 Å². The first kappa shape index (κ1) is 15.1. The predicted molar refractivity (Wildman–Crippen MR) is 84.0 cm³/mol. The number of nitrogens with zero attached hydrogens (tertiary/aromatic N) is 2. The van der Waals surface area contributed by atoms with Crippen LogP contribution in [0.15, 0.2) is 35.1 Å². The van der Waals surface area contributed by atoms with Gasteiger partial charge in [-0.2, -0.15) is 0 Å². The van der Waals surface area contributed by atoms with Crippen LogP contribution in [-0.4, -0.2) is 15.3 Å². The van der Waals surface area contributed by atoms with Crippen LogP contribution in [0.2, 0.25) is 0 Å². The van der Waals surface area contributed by atoms with E-state index >= 15 is 0 Å². The van der Waals surface area contributed by atoms with Gasteiger partial charge in [-0.05, 0) is 25.5 Å². The van der Waals surface area contributed by atoms with Gasteiger partial charge in [0.2, 0.25) is 5.91 Å². The third kappa shape index (κ3) is 3.07. The first-order chi connectivity index (χ1) is 10.1. The lowest BCUT2D eigenvalue weighted by Gasteiger charge is -2.12. The van der Waals surface area contributed by atoms with Crippen molar-refractivity contribution in [2.45, 2.75) is 40.2 Å². The van der Waals surface area contributed by atoms with Crippen molar-refractivity contribution in [3.8, 4) is 5.69 Å². The molecule has 0 atom stereocenters. The summed E-state index contributed by atoms with van der Waals surface area (Å²) in [5.41, 5.74) is 1.76. The highest BCUT2D eigenvalue weighted by Crippen LogP contribution is 2.16. The van der Waals surface area contributed by atoms with Gasteiger partial charge >= 0.3 is 0 Å². The molecule has 0 aliphatic heterocycles. The van der Waals surface area contributed by atoms with Crippen LogP contribution in [0, 0.1) is 6.92 Å². The molecule has 0 bridgehead atoms. The second kappa shape index (κ2) is 6.43. The minimum absolute atomic E-state index is 0.190. The zero-order chi connectivity index (χ0) is 15.4. The molecule has 0 aliphatic rings. The van der Waals surface area contributed by atoms with Crippen LogP contribution in [0.1, 0.15) is 32.4 Å². The molecule has 112 valence electrons. The average Bonchev–Trinajstić information content (AvgIpc) is 2.70. The maximum Gasteiger partial charge on any atom is 0.295 e. The molecule has 5 heteroatoms. The van der Waals surface area contributed by atoms with Crippen molar-refractivity contribution in [1.82, 2.24) is 9.36 Å². The second-order valence-corrected chi connectivity index (χ2v) is 5.07. The van der Waals surface area contributed by atoms with Gasteiger partial charge in [0.1, 0.15) is 5.69 Å². The molecule has 2 aromatic rings. The minimum atomic E-state index is -0.233. The van der Waals surface area contributed by atoms with E-state index < -0.39 is 0 Å². The molecule has 0 radical (unpaired) electrons. The standard InChI is InChI=1S/C16H21N3O2/c1-4-5-11-18-12(2)15(17-13(3)20)16(21)19(18)14-9-7-6-8-10-14/h6-10H,4-5,11H2,1-3H3,(H,17,20). The van der Waals surface area contributed by atoms with Crippen molar-refractivity contribution >= 4 is 11.6 Å². The maximum atomic E-state index is 12.6. The Kier molecular flexibility index (Phi) is 4.62. The van der Waals surface area contributed by atoms with E-state index in [-0.39, 0.29) is 11.5 Å². The summed E-state index contributed by atoms with van der Waals surface area (Å²) in [6.45, 7) is 6.13. The van der Waals surface area contributed by atoms with E-state index in [0.29, 0.717) is 5.69 Å². The molecule has 1 amide bonds. The summed E-state index contributed by atoms with van der Waals surface area (Å²) in [5, 5.41) is 2.66. The quantitative estimate of drug-likeness (QED) is 0.919. The van der Waals surface area contributed by atoms with E-state index in [9.17, 15) is 9.59 Å². The monoisotopic (exact) mass is 287 g/mol. The Hall–Kier alpha value is -2.30. The van der Waals surface area contributed by atoms with Gasteiger partial charge in [-0.1, -0.05) is 31.5 Å². The van der Waals surface area contributed by atoms with Gasteiger partial charge in [0.25, 0.3) is 5.56 Å². The van der Waals surface area contributed by atoms with Crippen molar-refractivity contribution < 1.29 is 4.79 Å². The number of hydrogen-bond acceptors (Lipinski definition) is 2. The predicted octanol–water partition coefficient (Wildman–Crippen LogP) is 2.71. The Morgan fingerprint density at radius 3 is 2.48 bits per heavy atom. The number of aromatic nitrogens is 2. The summed E-state index contributed by atoms with van der Waals surface area (Å²) in [6.07, 6.45) is 2.01. The Morgan fingerprint density at radius 2 is 1.90 bits per heavy atom. The molecule has 0 spiro atoms. The summed E-state index contributed by atoms with van der Waals surface area (Å²) in [6, 6.07) is 9.48. The fraction of sp³-hybridized carbons (Fsp3) is 0.375. The molecular formula is C16H21N3O2. The summed E-state index contributed by atoms with van der Waals surface area (Å²) in [5.74, 6) is -0.233. The van der Waals surface area contributed by atoms with Crippen LogP contribution in [0.5, 0.6) is 0 Å². The summed E-state index contributed by atoms with van der Waals surface area (Å²) in [7, 11) is 0. The number of carbonyl (C=O) groups is 1. The molecule has 1 aromatic heterocycles. The third-order valence-corrected chi connectivity index (χ3v) is 3.42. The molecule has 1 heterocycles. The largest absolute Gasteiger partial charge is 0.320 e. The average molecular weight is 287 g/mol. The smallest absolute Gasteiger partial charge is 0.295 e. The van der Waals surface area contributed by atoms with Gasteiger partial charge < -0.3 is 5.32 Å². The Morgan fingerprint density at radius 1 is 1.24 bits per heavy atom. The summed E-state index contributed by atoms with van der Waals surface area (Å²) >= 11 is 0. The molecule has 0 aliphatic carbocycles. The van der Waals surface area contributed by atoms with Gasteiger partial charge in [0.15, 0.2) is 0 Å². The van der Waals surface area contributed by atoms with Gasteiger partial charge in [-0.25, -0.2) is 4.68 Å². The summed E-state index contributed by atoms with van der Waals surface area (Å²) in [4.78, 5) is 24.0. The molecule has 2 rings (SSSR count). The van der Waals surface area contributed by atoms with Crippen molar-refractivity contribution in [2.24, 2.45) is 0 Å². The van der Waals surface area contributed by atoms with Crippen LogP contribution < -0.4 is 10.9 Å². The fourth-order valence-corrected chi connectivity index (χ4v) is 2.37. The van der Waals surface area contributed by atoms with Gasteiger partial charge in [-0.15, -0.1) is 0 Å². The van der Waals surface area contributed by atoms with Crippen LogP contribution in [0.3, 0.4) is 0 Å². The molecule has 0 saturated carbocycles. The number of para-hydroxylation sites is 1. The highest BCUT2D eigenvalue weighted by molar-refractivity contribution is 5.89. The first-order valence-electron chi connectivity index (χ1n) is 7.21. The van der Waals surface area contributed by atoms with Crippen LogP contribution in [0.4, 0.5) is 5.69 Å². The zero-order valence-electron chi connectivity index (χ0n) is 12.7. The van der Waals surface area contributed by atoms with Gasteiger partial charge in [0, 0.05) is 13.5 Å². The number of benzene rings is 1. The van der Waals surface area contributed by atoms with E-state index in [2.05, 4.69) is 12.2 Å². The lowest BCUT2D eigenvalue weighted by Crippen LogP contribution is -2.23. The molecule has 0 saturated heterocycles. The normalized spacial score (nSPS) is 10.6. The Balaban J connectivity index is 2.61. The lowest BCUT2D eigenvalue weighted by atomic mass is 10.3. The highest BCUT2D eigenvalue weighted by atomic mass is 16.2. The number of amides is 1. The Bertz CT molecular complexity index is 684. The van der Waals surface area contributed by atoms with Crippen LogP contribution >= 0.6 is 0 Å². The number of hydrogen-bond donors (Lipinski definition) is 1. The van der Waals surface area contributed by atoms with E-state index in [4.69, 9.17) is 0 Å². The van der Waals surface area contributed by atoms with E-state index in [1.165, 1.54) is 6.92 Å². The molecular weight excluding hydrogens is 266 g/mol. The van der Waals surface area contributed by atoms with E-state index in [1.54, 1.807) is 4.68 Å². The zero-order valence-corrected chi connectivity index (χ0v) is 12.7. The molecule has 21 heavy (non-hydrogen) atoms. The SMILES string of the molecule is CCCCn1c(C)c(NC(C)=O)c(=O)n1-c1ccccc1. The van der Waals surface area contributed by atoms with E-state index in [0.717, 1.165) is 30.8 Å². The third-order valence-electron chi connectivity index (χ3n) is 3.42. The van der Waals surface area contributed by atoms with Crippen LogP contribution in [-0.2, 0) is 11.3 Å². The number of carbonyl (C=O) groups excluding carboxylic acids is 1. The number of anilines is 1. The molecule has 5 nitrogen and oxygen atoms in total.